The first-order valence-corrected chi connectivity index (χ1v) is 23.7. The van der Waals surface area contributed by atoms with E-state index in [0.717, 1.165) is 0 Å². The summed E-state index contributed by atoms with van der Waals surface area (Å²) in [7, 11) is 0. The number of fused-ring (bicyclic) bond motifs is 2. The molecule has 0 heterocycles. The summed E-state index contributed by atoms with van der Waals surface area (Å²) in [5.41, 5.74) is 2.25. The van der Waals surface area contributed by atoms with Crippen LogP contribution in [-0.2, 0) is 0 Å². The number of esters is 2. The summed E-state index contributed by atoms with van der Waals surface area (Å²) in [4.78, 5) is 54.1. The number of carbonyl (C=O) groups excluding carboxylic acids is 4. The van der Waals surface area contributed by atoms with Crippen LogP contribution in [0.5, 0.6) is 23.0 Å². The van der Waals surface area contributed by atoms with Gasteiger partial charge in [-0.05, 0) is 121 Å². The number of nitrogens with zero attached hydrogens (tertiary/aromatic N) is 4. The van der Waals surface area contributed by atoms with E-state index in [0.29, 0.717) is 65.5 Å². The number of amides is 2. The van der Waals surface area contributed by atoms with Crippen LogP contribution >= 0.6 is 46.4 Å². The van der Waals surface area contributed by atoms with E-state index < -0.39 is 35.3 Å². The quantitative estimate of drug-likeness (QED) is 0.0526. The Morgan fingerprint density at radius 3 is 1.24 bits per heavy atom. The molecule has 0 fully saturated rings. The Hall–Kier alpha value is -8.66. The van der Waals surface area contributed by atoms with Gasteiger partial charge in [0.25, 0.3) is 11.8 Å². The fourth-order valence-corrected chi connectivity index (χ4v) is 8.39. The van der Waals surface area contributed by atoms with Crippen molar-refractivity contribution in [3.63, 3.8) is 0 Å². The van der Waals surface area contributed by atoms with Crippen LogP contribution < -0.4 is 20.1 Å². The maximum atomic E-state index is 13.8. The molecule has 0 unspecified atom stereocenters. The molecule has 4 N–H and O–H groups in total. The first-order valence-electron chi connectivity index (χ1n) is 22.2. The van der Waals surface area contributed by atoms with Crippen molar-refractivity contribution in [2.75, 3.05) is 10.6 Å². The van der Waals surface area contributed by atoms with Gasteiger partial charge >= 0.3 is 11.9 Å². The third-order valence-electron chi connectivity index (χ3n) is 11.6. The van der Waals surface area contributed by atoms with E-state index in [2.05, 4.69) is 31.1 Å². The van der Waals surface area contributed by atoms with Crippen molar-refractivity contribution in [1.29, 1.82) is 0 Å². The molecule has 0 spiro atoms. The van der Waals surface area contributed by atoms with Crippen LogP contribution in [0, 0.1) is 13.8 Å². The van der Waals surface area contributed by atoms with Crippen LogP contribution in [0.4, 0.5) is 34.1 Å². The van der Waals surface area contributed by atoms with E-state index in [1.165, 1.54) is 36.4 Å². The predicted octanol–water partition coefficient (Wildman–Crippen LogP) is 16.4. The summed E-state index contributed by atoms with van der Waals surface area (Å²) in [5.74, 6) is -3.48. The fraction of sp³-hybridized carbons (Fsp3) is 0.0357. The Bertz CT molecular complexity index is 3580. The normalized spacial score (nSPS) is 11.3. The number of anilines is 2. The second-order valence-corrected chi connectivity index (χ2v) is 18.1. The molecule has 18 heteroatoms. The summed E-state index contributed by atoms with van der Waals surface area (Å²) < 4.78 is 11.1. The average molecular weight is 1060 g/mol. The lowest BCUT2D eigenvalue weighted by Crippen LogP contribution is -2.13. The number of azo groups is 2. The van der Waals surface area contributed by atoms with E-state index in [1.54, 1.807) is 135 Å². The molecule has 0 aliphatic heterocycles. The number of aromatic hydroxyl groups is 2. The highest BCUT2D eigenvalue weighted by Gasteiger charge is 2.23. The molecule has 0 saturated carbocycles. The summed E-state index contributed by atoms with van der Waals surface area (Å²) in [5, 5.41) is 49.5. The molecule has 2 amide bonds. The molecular weight excluding hydrogens is 1030 g/mol. The molecule has 0 aliphatic carbocycles. The van der Waals surface area contributed by atoms with Gasteiger partial charge in [-0.2, -0.15) is 10.2 Å². The summed E-state index contributed by atoms with van der Waals surface area (Å²) in [6, 6.07) is 41.8. The van der Waals surface area contributed by atoms with Gasteiger partial charge in [-0.3, -0.25) is 9.59 Å². The van der Waals surface area contributed by atoms with Crippen LogP contribution in [0.2, 0.25) is 20.1 Å². The number of halogens is 4. The van der Waals surface area contributed by atoms with E-state index in [9.17, 15) is 29.4 Å². The highest BCUT2D eigenvalue weighted by molar-refractivity contribution is 6.35. The lowest BCUT2D eigenvalue weighted by Gasteiger charge is -2.13. The monoisotopic (exact) mass is 1060 g/mol. The minimum Gasteiger partial charge on any atom is -0.505 e. The molecular formula is C56H36Cl4N6O8. The molecule has 0 bridgehead atoms. The van der Waals surface area contributed by atoms with Gasteiger partial charge in [0, 0.05) is 44.3 Å². The Labute approximate surface area is 441 Å². The fourth-order valence-electron chi connectivity index (χ4n) is 7.75. The minimum atomic E-state index is -0.704. The number of benzene rings is 9. The van der Waals surface area contributed by atoms with Crippen LogP contribution in [0.1, 0.15) is 52.6 Å². The molecule has 9 aromatic rings. The summed E-state index contributed by atoms with van der Waals surface area (Å²) in [6.07, 6.45) is 0. The molecule has 366 valence electrons. The average Bonchev–Trinajstić information content (AvgIpc) is 3.39. The van der Waals surface area contributed by atoms with E-state index in [4.69, 9.17) is 55.9 Å². The standard InChI is InChI=1S/C56H36Cl4N6O8/c1-29-37(55(71)73-47-27-33(57)17-23-43(47)59)13-7-15-45(29)63-65-49-39-11-5-3-9-31(39)25-41(51(49)67)53(69)61-35-19-21-36(22-20-35)62-54(70)42-26-32-10-4-6-12-40(32)50(52(42)68)66-64-46-16-8-14-38(30(46)2)56(72)74-48-28-34(58)18-24-44(48)60/h3-28,67-68H,1-2H3,(H,61,69)(H,62,70). The van der Waals surface area contributed by atoms with Gasteiger partial charge < -0.3 is 30.3 Å². The molecule has 0 aliphatic rings. The molecule has 0 saturated heterocycles. The summed E-state index contributed by atoms with van der Waals surface area (Å²) >= 11 is 24.6. The van der Waals surface area contributed by atoms with Gasteiger partial charge in [-0.1, -0.05) is 107 Å². The van der Waals surface area contributed by atoms with Crippen molar-refractivity contribution in [2.24, 2.45) is 20.5 Å². The van der Waals surface area contributed by atoms with E-state index in [1.807, 2.05) is 0 Å². The Balaban J connectivity index is 0.916. The van der Waals surface area contributed by atoms with E-state index >= 15 is 0 Å². The van der Waals surface area contributed by atoms with Crippen LogP contribution in [0.15, 0.2) is 178 Å². The smallest absolute Gasteiger partial charge is 0.343 e. The first-order chi connectivity index (χ1) is 35.6. The zero-order valence-electron chi connectivity index (χ0n) is 38.7. The van der Waals surface area contributed by atoms with Crippen molar-refractivity contribution in [2.45, 2.75) is 13.8 Å². The number of phenolic OH excluding ortho intramolecular Hbond substituents is 2. The minimum absolute atomic E-state index is 0.00825. The lowest BCUT2D eigenvalue weighted by atomic mass is 10.0. The highest BCUT2D eigenvalue weighted by atomic mass is 35.5. The lowest BCUT2D eigenvalue weighted by molar-refractivity contribution is 0.0724. The maximum Gasteiger partial charge on any atom is 0.343 e. The largest absolute Gasteiger partial charge is 0.505 e. The Morgan fingerprint density at radius 2 is 0.838 bits per heavy atom. The molecule has 0 atom stereocenters. The van der Waals surface area contributed by atoms with Crippen LogP contribution in [0.3, 0.4) is 0 Å². The third kappa shape index (κ3) is 10.7. The number of carbonyl (C=O) groups is 4. The number of hydrogen-bond donors (Lipinski definition) is 4. The maximum absolute atomic E-state index is 13.8. The third-order valence-corrected chi connectivity index (χ3v) is 12.7. The van der Waals surface area contributed by atoms with Crippen molar-refractivity contribution in [1.82, 2.24) is 0 Å². The molecule has 14 nitrogen and oxygen atoms in total. The number of hydrogen-bond acceptors (Lipinski definition) is 12. The van der Waals surface area contributed by atoms with Gasteiger partial charge in [0.2, 0.25) is 0 Å². The second-order valence-electron chi connectivity index (χ2n) is 16.4. The molecule has 9 rings (SSSR count). The molecule has 74 heavy (non-hydrogen) atoms. The van der Waals surface area contributed by atoms with E-state index in [-0.39, 0.29) is 55.2 Å². The zero-order valence-corrected chi connectivity index (χ0v) is 41.7. The Morgan fingerprint density at radius 1 is 0.446 bits per heavy atom. The summed E-state index contributed by atoms with van der Waals surface area (Å²) in [6.45, 7) is 3.32. The zero-order chi connectivity index (χ0) is 52.2. The molecule has 9 aromatic carbocycles. The van der Waals surface area contributed by atoms with Crippen molar-refractivity contribution >= 4 is 126 Å². The number of rotatable bonds is 12. The number of nitrogens with one attached hydrogen (secondary N) is 2. The molecule has 0 radical (unpaired) electrons. The number of phenols is 2. The first kappa shape index (κ1) is 50.3. The van der Waals surface area contributed by atoms with Crippen molar-refractivity contribution in [3.05, 3.63) is 211 Å². The van der Waals surface area contributed by atoms with Crippen LogP contribution in [0.25, 0.3) is 21.5 Å². The highest BCUT2D eigenvalue weighted by Crippen LogP contribution is 2.42. The van der Waals surface area contributed by atoms with Crippen molar-refractivity contribution < 1.29 is 38.9 Å². The topological polar surface area (TPSA) is 201 Å². The van der Waals surface area contributed by atoms with Crippen molar-refractivity contribution in [3.8, 4) is 23.0 Å². The second kappa shape index (κ2) is 21.6. The van der Waals surface area contributed by atoms with Gasteiger partial charge in [0.05, 0.1) is 43.7 Å². The Kier molecular flexibility index (Phi) is 14.7. The predicted molar refractivity (Wildman–Crippen MR) is 287 cm³/mol. The van der Waals surface area contributed by atoms with Crippen LogP contribution in [-0.4, -0.2) is 34.0 Å². The van der Waals surface area contributed by atoms with Gasteiger partial charge in [-0.15, -0.1) is 10.2 Å². The number of ether oxygens (including phenoxy) is 2. The molecule has 0 aromatic heterocycles. The SMILES string of the molecule is Cc1c(N=Nc2c(O)c(C(=O)Nc3ccc(NC(=O)c4cc5ccccc5c(N=Nc5cccc(C(=O)Oc6cc(Cl)ccc6Cl)c5C)c4O)cc3)cc3ccccc23)cccc1C(=O)Oc1cc(Cl)ccc1Cl. The van der Waals surface area contributed by atoms with Gasteiger partial charge in [-0.25, -0.2) is 9.59 Å². The van der Waals surface area contributed by atoms with Gasteiger partial charge in [0.15, 0.2) is 23.0 Å². The van der Waals surface area contributed by atoms with Gasteiger partial charge in [0.1, 0.15) is 11.4 Å².